The van der Waals surface area contributed by atoms with Gasteiger partial charge in [-0.2, -0.15) is 0 Å². The van der Waals surface area contributed by atoms with Crippen molar-refractivity contribution in [1.29, 1.82) is 0 Å². The first-order chi connectivity index (χ1) is 6.43. The van der Waals surface area contributed by atoms with Crippen molar-refractivity contribution in [3.63, 3.8) is 0 Å². The van der Waals surface area contributed by atoms with Gasteiger partial charge in [0, 0.05) is 12.2 Å². The van der Waals surface area contributed by atoms with Gasteiger partial charge in [-0.1, -0.05) is 13.2 Å². The zero-order valence-electron chi connectivity index (χ0n) is 8.40. The van der Waals surface area contributed by atoms with Gasteiger partial charge in [-0.3, -0.25) is 4.90 Å². The van der Waals surface area contributed by atoms with Crippen LogP contribution in [0.5, 0.6) is 0 Å². The van der Waals surface area contributed by atoms with Crippen molar-refractivity contribution in [2.24, 2.45) is 0 Å². The molecule has 5 heteroatoms. The number of hydrogen-bond acceptors (Lipinski definition) is 4. The molecule has 0 bridgehead atoms. The molecule has 0 atom stereocenters. The Morgan fingerprint density at radius 2 is 1.79 bits per heavy atom. The highest BCUT2D eigenvalue weighted by molar-refractivity contribution is 5.81. The fourth-order valence-electron chi connectivity index (χ4n) is 0.252. The van der Waals surface area contributed by atoms with Crippen molar-refractivity contribution < 1.29 is 19.4 Å². The zero-order valence-corrected chi connectivity index (χ0v) is 8.40. The van der Waals surface area contributed by atoms with Crippen LogP contribution in [0.25, 0.3) is 0 Å². The van der Waals surface area contributed by atoms with E-state index in [-0.39, 0.29) is 5.97 Å². The van der Waals surface area contributed by atoms with E-state index < -0.39 is 5.97 Å². The summed E-state index contributed by atoms with van der Waals surface area (Å²) in [7, 11) is 3.63. The molecule has 0 aromatic carbocycles. The second kappa shape index (κ2) is 9.47. The summed E-state index contributed by atoms with van der Waals surface area (Å²) in [4.78, 5) is 21.4. The molecule has 0 unspecified atom stereocenters. The maximum absolute atomic E-state index is 10.3. The van der Waals surface area contributed by atoms with E-state index in [1.807, 2.05) is 14.1 Å². The average molecular weight is 201 g/mol. The molecule has 0 saturated carbocycles. The fraction of sp³-hybridized carbons (Fsp3) is 0.333. The van der Waals surface area contributed by atoms with Gasteiger partial charge in [-0.15, -0.1) is 0 Å². The topological polar surface area (TPSA) is 66.8 Å². The molecule has 0 spiro atoms. The molecule has 14 heavy (non-hydrogen) atoms. The third-order valence-electron chi connectivity index (χ3n) is 0.806. The van der Waals surface area contributed by atoms with Crippen molar-refractivity contribution in [2.75, 3.05) is 20.8 Å². The number of carbonyl (C=O) groups excluding carboxylic acids is 1. The molecular formula is C9H15NO4. The third kappa shape index (κ3) is 16.8. The summed E-state index contributed by atoms with van der Waals surface area (Å²) in [5, 5.41) is 7.60. The molecular weight excluding hydrogens is 186 g/mol. The summed E-state index contributed by atoms with van der Waals surface area (Å²) in [5.41, 5.74) is 0. The smallest absolute Gasteiger partial charge is 0.331 e. The number of ether oxygens (including phenoxy) is 1. The minimum atomic E-state index is -0.981. The van der Waals surface area contributed by atoms with Crippen LogP contribution >= 0.6 is 0 Å². The second-order valence-corrected chi connectivity index (χ2v) is 2.42. The number of esters is 1. The molecule has 0 rings (SSSR count). The molecule has 5 nitrogen and oxygen atoms in total. The van der Waals surface area contributed by atoms with Crippen LogP contribution < -0.4 is 0 Å². The van der Waals surface area contributed by atoms with E-state index in [1.54, 1.807) is 4.90 Å². The van der Waals surface area contributed by atoms with Crippen LogP contribution in [0.1, 0.15) is 0 Å². The number of hydrogen-bond donors (Lipinski definition) is 1. The Morgan fingerprint density at radius 1 is 1.36 bits per heavy atom. The van der Waals surface area contributed by atoms with Crippen molar-refractivity contribution >= 4 is 11.9 Å². The van der Waals surface area contributed by atoms with Crippen LogP contribution in [0.4, 0.5) is 0 Å². The summed E-state index contributed by atoms with van der Waals surface area (Å²) >= 11 is 0. The first-order valence-electron chi connectivity index (χ1n) is 3.73. The second-order valence-electron chi connectivity index (χ2n) is 2.42. The lowest BCUT2D eigenvalue weighted by molar-refractivity contribution is -0.141. The normalized spacial score (nSPS) is 8.21. The van der Waals surface area contributed by atoms with E-state index in [1.165, 1.54) is 0 Å². The molecule has 0 radical (unpaired) electrons. The van der Waals surface area contributed by atoms with Gasteiger partial charge < -0.3 is 9.84 Å². The molecule has 0 aromatic heterocycles. The van der Waals surface area contributed by atoms with Gasteiger partial charge in [-0.25, -0.2) is 9.59 Å². The summed E-state index contributed by atoms with van der Waals surface area (Å²) in [6, 6.07) is 0. The molecule has 80 valence electrons. The predicted molar refractivity (Wildman–Crippen MR) is 52.7 cm³/mol. The number of aliphatic carboxylic acids is 1. The van der Waals surface area contributed by atoms with Crippen LogP contribution in [0, 0.1) is 0 Å². The van der Waals surface area contributed by atoms with E-state index >= 15 is 0 Å². The summed E-state index contributed by atoms with van der Waals surface area (Å²) in [5.74, 6) is -1.37. The van der Waals surface area contributed by atoms with Gasteiger partial charge in [-0.05, 0) is 14.1 Å². The van der Waals surface area contributed by atoms with Gasteiger partial charge in [0.1, 0.15) is 6.73 Å². The molecule has 1 N–H and O–H groups in total. The maximum atomic E-state index is 10.3. The summed E-state index contributed by atoms with van der Waals surface area (Å²) in [6.07, 6.45) is 1.98. The Labute approximate surface area is 83.3 Å². The minimum Gasteiger partial charge on any atom is -0.478 e. The van der Waals surface area contributed by atoms with Crippen molar-refractivity contribution in [3.05, 3.63) is 25.3 Å². The number of rotatable bonds is 4. The highest BCUT2D eigenvalue weighted by atomic mass is 16.5. The zero-order chi connectivity index (χ0) is 11.6. The van der Waals surface area contributed by atoms with Gasteiger partial charge in [0.25, 0.3) is 0 Å². The van der Waals surface area contributed by atoms with Gasteiger partial charge in [0.2, 0.25) is 0 Å². The van der Waals surface area contributed by atoms with Crippen molar-refractivity contribution in [1.82, 2.24) is 4.90 Å². The number of carbonyl (C=O) groups is 2. The maximum Gasteiger partial charge on any atom is 0.331 e. The molecule has 0 amide bonds. The Kier molecular flexibility index (Phi) is 10.1. The van der Waals surface area contributed by atoms with Crippen LogP contribution in [-0.4, -0.2) is 42.8 Å². The molecule has 0 aliphatic carbocycles. The molecule has 0 heterocycles. The van der Waals surface area contributed by atoms with Crippen LogP contribution in [0.15, 0.2) is 25.3 Å². The largest absolute Gasteiger partial charge is 0.478 e. The van der Waals surface area contributed by atoms with Crippen LogP contribution in [0.2, 0.25) is 0 Å². The van der Waals surface area contributed by atoms with Crippen LogP contribution in [-0.2, 0) is 14.3 Å². The predicted octanol–water partition coefficient (Wildman–Crippen LogP) is 0.492. The standard InChI is InChI=1S/C6H11NO2.C3H4O2/c1-4-6(8)9-5-7(2)3;1-2-3(4)5/h4H,1,5H2,2-3H3;2H,1H2,(H,4,5). The minimum absolute atomic E-state index is 0.310. The summed E-state index contributed by atoms with van der Waals surface area (Å²) in [6.45, 7) is 6.52. The Hall–Kier alpha value is -1.62. The Morgan fingerprint density at radius 3 is 2.00 bits per heavy atom. The number of carboxylic acids is 1. The van der Waals surface area contributed by atoms with Crippen molar-refractivity contribution in [2.45, 2.75) is 0 Å². The summed E-state index contributed by atoms with van der Waals surface area (Å²) < 4.78 is 4.62. The fourth-order valence-corrected chi connectivity index (χ4v) is 0.252. The number of carboxylic acid groups (broad SMARTS) is 1. The molecule has 0 aliphatic heterocycles. The molecule has 0 saturated heterocycles. The quantitative estimate of drug-likeness (QED) is 0.407. The van der Waals surface area contributed by atoms with Crippen LogP contribution in [0.3, 0.4) is 0 Å². The SMILES string of the molecule is C=CC(=O)O.C=CC(=O)OCN(C)C. The van der Waals surface area contributed by atoms with E-state index in [0.717, 1.165) is 12.2 Å². The molecule has 0 aromatic rings. The Balaban J connectivity index is 0. The van der Waals surface area contributed by atoms with Gasteiger partial charge in [0.05, 0.1) is 0 Å². The highest BCUT2D eigenvalue weighted by Crippen LogP contribution is 1.80. The monoisotopic (exact) mass is 201 g/mol. The highest BCUT2D eigenvalue weighted by Gasteiger charge is 1.93. The average Bonchev–Trinajstić information content (AvgIpc) is 2.14. The van der Waals surface area contributed by atoms with Gasteiger partial charge in [0.15, 0.2) is 0 Å². The number of nitrogens with zero attached hydrogens (tertiary/aromatic N) is 1. The molecule has 0 fully saturated rings. The third-order valence-corrected chi connectivity index (χ3v) is 0.806. The first kappa shape index (κ1) is 14.9. The van der Waals surface area contributed by atoms with E-state index in [2.05, 4.69) is 17.9 Å². The van der Waals surface area contributed by atoms with Gasteiger partial charge >= 0.3 is 11.9 Å². The van der Waals surface area contributed by atoms with E-state index in [0.29, 0.717) is 6.73 Å². The Bertz CT molecular complexity index is 211. The van der Waals surface area contributed by atoms with Crippen molar-refractivity contribution in [3.8, 4) is 0 Å². The lowest BCUT2D eigenvalue weighted by Gasteiger charge is -2.07. The molecule has 0 aliphatic rings. The van der Waals surface area contributed by atoms with E-state index in [9.17, 15) is 9.59 Å². The van der Waals surface area contributed by atoms with E-state index in [4.69, 9.17) is 5.11 Å². The first-order valence-corrected chi connectivity index (χ1v) is 3.73. The lowest BCUT2D eigenvalue weighted by Crippen LogP contribution is -2.18. The lowest BCUT2D eigenvalue weighted by atomic mass is 10.7.